The number of rotatable bonds is 3. The van der Waals surface area contributed by atoms with E-state index >= 15 is 0 Å². The summed E-state index contributed by atoms with van der Waals surface area (Å²) in [4.78, 5) is 23.3. The summed E-state index contributed by atoms with van der Waals surface area (Å²) in [5, 5.41) is 5.60. The second-order valence-electron chi connectivity index (χ2n) is 5.44. The van der Waals surface area contributed by atoms with Crippen molar-refractivity contribution in [3.8, 4) is 0 Å². The van der Waals surface area contributed by atoms with Crippen LogP contribution in [0.5, 0.6) is 0 Å². The number of nitrogens with one attached hydrogen (secondary N) is 2. The van der Waals surface area contributed by atoms with Crippen LogP contribution in [0.15, 0.2) is 22.7 Å². The summed E-state index contributed by atoms with van der Waals surface area (Å²) in [5.41, 5.74) is 6.76. The molecule has 3 rings (SSSR count). The molecule has 0 heterocycles. The van der Waals surface area contributed by atoms with Crippen LogP contribution < -0.4 is 16.4 Å². The van der Waals surface area contributed by atoms with Gasteiger partial charge in [0, 0.05) is 4.47 Å². The predicted molar refractivity (Wildman–Crippen MR) is 78.0 cm³/mol. The maximum absolute atomic E-state index is 12.3. The Labute approximate surface area is 125 Å². The van der Waals surface area contributed by atoms with Gasteiger partial charge in [-0.05, 0) is 42.9 Å². The lowest BCUT2D eigenvalue weighted by Crippen LogP contribution is -2.51. The predicted octanol–water partition coefficient (Wildman–Crippen LogP) is 1.75. The number of benzene rings is 1. The third-order valence-electron chi connectivity index (χ3n) is 4.07. The van der Waals surface area contributed by atoms with Gasteiger partial charge in [-0.3, -0.25) is 4.79 Å². The minimum Gasteiger partial charge on any atom is -0.352 e. The highest BCUT2D eigenvalue weighted by Gasteiger charge is 2.51. The van der Waals surface area contributed by atoms with Gasteiger partial charge >= 0.3 is 6.03 Å². The van der Waals surface area contributed by atoms with E-state index in [0.717, 1.165) is 22.9 Å². The van der Waals surface area contributed by atoms with E-state index in [1.807, 2.05) is 18.2 Å². The molecule has 2 aliphatic rings. The van der Waals surface area contributed by atoms with Gasteiger partial charge in [-0.15, -0.1) is 0 Å². The van der Waals surface area contributed by atoms with E-state index in [-0.39, 0.29) is 11.9 Å². The van der Waals surface area contributed by atoms with Crippen molar-refractivity contribution in [1.29, 1.82) is 0 Å². The van der Waals surface area contributed by atoms with Crippen molar-refractivity contribution in [2.75, 3.05) is 0 Å². The van der Waals surface area contributed by atoms with E-state index < -0.39 is 11.6 Å². The second-order valence-corrected chi connectivity index (χ2v) is 6.30. The zero-order valence-corrected chi connectivity index (χ0v) is 12.5. The van der Waals surface area contributed by atoms with E-state index in [1.165, 1.54) is 5.56 Å². The molecule has 1 aromatic rings. The van der Waals surface area contributed by atoms with E-state index in [1.54, 1.807) is 0 Å². The Morgan fingerprint density at radius 3 is 2.75 bits per heavy atom. The molecule has 0 radical (unpaired) electrons. The molecule has 20 heavy (non-hydrogen) atoms. The van der Waals surface area contributed by atoms with Gasteiger partial charge in [0.25, 0.3) is 0 Å². The number of primary amides is 1. The van der Waals surface area contributed by atoms with Crippen molar-refractivity contribution in [3.05, 3.63) is 33.8 Å². The molecular weight excluding hydrogens is 322 g/mol. The molecule has 0 aliphatic heterocycles. The van der Waals surface area contributed by atoms with E-state index in [9.17, 15) is 9.59 Å². The third kappa shape index (κ3) is 2.28. The quantitative estimate of drug-likeness (QED) is 0.785. The Morgan fingerprint density at radius 1 is 1.35 bits per heavy atom. The van der Waals surface area contributed by atoms with Gasteiger partial charge in [0.05, 0.1) is 6.04 Å². The van der Waals surface area contributed by atoms with Crippen molar-refractivity contribution < 1.29 is 9.59 Å². The van der Waals surface area contributed by atoms with Crippen molar-refractivity contribution in [3.63, 3.8) is 0 Å². The molecule has 3 amide bonds. The van der Waals surface area contributed by atoms with E-state index in [2.05, 4.69) is 26.6 Å². The Morgan fingerprint density at radius 2 is 2.10 bits per heavy atom. The number of urea groups is 1. The van der Waals surface area contributed by atoms with Crippen LogP contribution in [-0.2, 0) is 11.2 Å². The summed E-state index contributed by atoms with van der Waals surface area (Å²) >= 11 is 3.54. The molecule has 106 valence electrons. The molecule has 0 spiro atoms. The lowest BCUT2D eigenvalue weighted by Gasteiger charge is -2.20. The molecule has 0 saturated heterocycles. The van der Waals surface area contributed by atoms with Crippen LogP contribution in [0.4, 0.5) is 4.79 Å². The summed E-state index contributed by atoms with van der Waals surface area (Å²) in [7, 11) is 0. The molecule has 1 saturated carbocycles. The molecule has 4 N–H and O–H groups in total. The van der Waals surface area contributed by atoms with Gasteiger partial charge in [-0.1, -0.05) is 28.1 Å². The average Bonchev–Trinajstić information content (AvgIpc) is 3.04. The minimum absolute atomic E-state index is 0.0159. The Kier molecular flexibility index (Phi) is 3.20. The van der Waals surface area contributed by atoms with Crippen molar-refractivity contribution in [2.45, 2.75) is 37.3 Å². The lowest BCUT2D eigenvalue weighted by molar-refractivity contribution is -0.124. The highest BCUT2D eigenvalue weighted by Crippen LogP contribution is 2.39. The van der Waals surface area contributed by atoms with Crippen LogP contribution in [0.3, 0.4) is 0 Å². The highest BCUT2D eigenvalue weighted by atomic mass is 79.9. The molecule has 1 aromatic carbocycles. The number of fused-ring (bicyclic) bond motifs is 1. The topological polar surface area (TPSA) is 84.2 Å². The summed E-state index contributed by atoms with van der Waals surface area (Å²) in [6, 6.07) is 5.40. The molecule has 2 aliphatic carbocycles. The zero-order chi connectivity index (χ0) is 14.3. The lowest BCUT2D eigenvalue weighted by atomic mass is 10.1. The Hall–Kier alpha value is -1.56. The van der Waals surface area contributed by atoms with Crippen LogP contribution in [-0.4, -0.2) is 17.5 Å². The Bertz CT molecular complexity index is 584. The summed E-state index contributed by atoms with van der Waals surface area (Å²) in [6.07, 6.45) is 3.13. The maximum atomic E-state index is 12.3. The fraction of sp³-hybridized carbons (Fsp3) is 0.429. The largest absolute Gasteiger partial charge is 0.352 e. The minimum atomic E-state index is -0.777. The van der Waals surface area contributed by atoms with Crippen LogP contribution in [0, 0.1) is 0 Å². The van der Waals surface area contributed by atoms with Crippen LogP contribution >= 0.6 is 15.9 Å². The van der Waals surface area contributed by atoms with E-state index in [0.29, 0.717) is 12.8 Å². The molecular formula is C14H16BrN3O2. The highest BCUT2D eigenvalue weighted by molar-refractivity contribution is 9.10. The number of halogens is 1. The molecule has 0 aromatic heterocycles. The number of amides is 3. The first-order valence-corrected chi connectivity index (χ1v) is 7.47. The molecule has 1 fully saturated rings. The number of hydrogen-bond donors (Lipinski definition) is 3. The van der Waals surface area contributed by atoms with Gasteiger partial charge in [0.2, 0.25) is 5.91 Å². The van der Waals surface area contributed by atoms with Crippen LogP contribution in [0.1, 0.15) is 36.4 Å². The van der Waals surface area contributed by atoms with Gasteiger partial charge < -0.3 is 16.4 Å². The van der Waals surface area contributed by atoms with Gasteiger partial charge in [0.15, 0.2) is 0 Å². The fourth-order valence-corrected chi connectivity index (χ4v) is 3.41. The maximum Gasteiger partial charge on any atom is 0.313 e. The molecule has 6 heteroatoms. The first-order chi connectivity index (χ1) is 9.52. The molecule has 1 unspecified atom stereocenters. The summed E-state index contributed by atoms with van der Waals surface area (Å²) in [6.45, 7) is 0. The molecule has 5 nitrogen and oxygen atoms in total. The van der Waals surface area contributed by atoms with Crippen molar-refractivity contribution >= 4 is 27.9 Å². The van der Waals surface area contributed by atoms with Gasteiger partial charge in [-0.25, -0.2) is 4.79 Å². The number of nitrogens with two attached hydrogens (primary N) is 1. The monoisotopic (exact) mass is 337 g/mol. The van der Waals surface area contributed by atoms with Crippen molar-refractivity contribution in [1.82, 2.24) is 10.6 Å². The summed E-state index contributed by atoms with van der Waals surface area (Å²) in [5.74, 6) is -0.130. The first-order valence-electron chi connectivity index (χ1n) is 6.68. The zero-order valence-electron chi connectivity index (χ0n) is 10.9. The van der Waals surface area contributed by atoms with Crippen LogP contribution in [0.25, 0.3) is 0 Å². The average molecular weight is 338 g/mol. The first kappa shape index (κ1) is 13.4. The van der Waals surface area contributed by atoms with E-state index in [4.69, 9.17) is 5.73 Å². The third-order valence-corrected chi connectivity index (χ3v) is 4.81. The van der Waals surface area contributed by atoms with Crippen molar-refractivity contribution in [2.24, 2.45) is 5.73 Å². The molecule has 1 atom stereocenters. The molecule has 0 bridgehead atoms. The fourth-order valence-electron chi connectivity index (χ4n) is 2.83. The number of carbonyl (C=O) groups is 2. The Balaban J connectivity index is 1.73. The normalized spacial score (nSPS) is 21.9. The van der Waals surface area contributed by atoms with Crippen LogP contribution in [0.2, 0.25) is 0 Å². The van der Waals surface area contributed by atoms with Gasteiger partial charge in [0.1, 0.15) is 5.54 Å². The SMILES string of the molecule is NC(=O)NC1(C(=O)NC2CCc3c(Br)cccc32)CC1. The standard InChI is InChI=1S/C14H16BrN3O2/c15-10-3-1-2-9-8(10)4-5-11(9)17-12(19)14(6-7-14)18-13(16)20/h1-3,11H,4-7H2,(H,17,19)(H3,16,18,20). The number of hydrogen-bond acceptors (Lipinski definition) is 2. The number of carbonyl (C=O) groups excluding carboxylic acids is 2. The smallest absolute Gasteiger partial charge is 0.313 e. The van der Waals surface area contributed by atoms with Gasteiger partial charge in [-0.2, -0.15) is 0 Å². The summed E-state index contributed by atoms with van der Waals surface area (Å²) < 4.78 is 1.09. The second kappa shape index (κ2) is 4.77.